The topological polar surface area (TPSA) is 73.2 Å². The Balaban J connectivity index is 2.03. The molecular formula is C17H18ClN3O3. The minimum absolute atomic E-state index is 0.330. The summed E-state index contributed by atoms with van der Waals surface area (Å²) in [5, 5.41) is 7.49. The van der Waals surface area contributed by atoms with Crippen molar-refractivity contribution in [2.24, 2.45) is 0 Å². The number of carbonyl (C=O) groups is 2. The van der Waals surface area contributed by atoms with Crippen LogP contribution in [0.3, 0.4) is 0 Å². The van der Waals surface area contributed by atoms with Crippen LogP contribution in [0.4, 0.5) is 0 Å². The first-order valence-electron chi connectivity index (χ1n) is 7.31. The highest BCUT2D eigenvalue weighted by Gasteiger charge is 2.13. The average molecular weight is 348 g/mol. The number of hydrogen-bond acceptors (Lipinski definition) is 4. The van der Waals surface area contributed by atoms with Crippen LogP contribution in [0.15, 0.2) is 36.9 Å². The first-order chi connectivity index (χ1) is 11.4. The van der Waals surface area contributed by atoms with Gasteiger partial charge in [-0.25, -0.2) is 9.48 Å². The fourth-order valence-electron chi connectivity index (χ4n) is 2.07. The molecule has 0 aliphatic rings. The summed E-state index contributed by atoms with van der Waals surface area (Å²) < 4.78 is 6.65. The third-order valence-corrected chi connectivity index (χ3v) is 3.88. The Morgan fingerprint density at radius 1 is 1.33 bits per heavy atom. The lowest BCUT2D eigenvalue weighted by Crippen LogP contribution is -2.28. The van der Waals surface area contributed by atoms with Crippen molar-refractivity contribution in [2.75, 3.05) is 13.2 Å². The summed E-state index contributed by atoms with van der Waals surface area (Å²) in [7, 11) is 0. The van der Waals surface area contributed by atoms with Gasteiger partial charge < -0.3 is 10.1 Å². The van der Waals surface area contributed by atoms with E-state index in [-0.39, 0.29) is 12.5 Å². The van der Waals surface area contributed by atoms with Gasteiger partial charge in [-0.1, -0.05) is 17.7 Å². The van der Waals surface area contributed by atoms with Crippen molar-refractivity contribution < 1.29 is 14.3 Å². The van der Waals surface area contributed by atoms with E-state index in [1.54, 1.807) is 35.0 Å². The van der Waals surface area contributed by atoms with Crippen LogP contribution in [0.25, 0.3) is 5.69 Å². The Kier molecular flexibility index (Phi) is 5.76. The van der Waals surface area contributed by atoms with E-state index in [4.69, 9.17) is 16.3 Å². The molecule has 6 nitrogen and oxygen atoms in total. The van der Waals surface area contributed by atoms with Gasteiger partial charge in [0.25, 0.3) is 5.91 Å². The summed E-state index contributed by atoms with van der Waals surface area (Å²) in [5.74, 6) is -0.946. The minimum Gasteiger partial charge on any atom is -0.452 e. The third-order valence-electron chi connectivity index (χ3n) is 3.33. The number of hydrogen-bond donors (Lipinski definition) is 1. The van der Waals surface area contributed by atoms with Crippen molar-refractivity contribution in [3.8, 4) is 5.69 Å². The molecule has 0 saturated carbocycles. The van der Waals surface area contributed by atoms with Gasteiger partial charge >= 0.3 is 5.97 Å². The van der Waals surface area contributed by atoms with E-state index in [1.165, 1.54) is 0 Å². The number of esters is 1. The molecule has 2 rings (SSSR count). The number of aromatic nitrogens is 2. The molecule has 0 radical (unpaired) electrons. The molecule has 1 amide bonds. The Morgan fingerprint density at radius 2 is 2.00 bits per heavy atom. The molecule has 0 aliphatic heterocycles. The maximum atomic E-state index is 11.9. The van der Waals surface area contributed by atoms with Crippen LogP contribution >= 0.6 is 11.6 Å². The Bertz CT molecular complexity index is 766. The zero-order valence-electron chi connectivity index (χ0n) is 13.5. The van der Waals surface area contributed by atoms with Gasteiger partial charge in [-0.2, -0.15) is 5.10 Å². The largest absolute Gasteiger partial charge is 0.452 e. The molecule has 1 aromatic carbocycles. The maximum absolute atomic E-state index is 11.9. The van der Waals surface area contributed by atoms with Crippen LogP contribution in [0.2, 0.25) is 5.02 Å². The first kappa shape index (κ1) is 17.7. The number of ether oxygens (including phenoxy) is 1. The molecule has 0 bridgehead atoms. The van der Waals surface area contributed by atoms with E-state index in [1.807, 2.05) is 13.8 Å². The van der Waals surface area contributed by atoms with Crippen molar-refractivity contribution in [1.82, 2.24) is 15.1 Å². The first-order valence-corrected chi connectivity index (χ1v) is 7.68. The number of benzene rings is 1. The van der Waals surface area contributed by atoms with Gasteiger partial charge in [0.2, 0.25) is 0 Å². The highest BCUT2D eigenvalue weighted by molar-refractivity contribution is 6.31. The summed E-state index contributed by atoms with van der Waals surface area (Å²) in [4.78, 5) is 23.3. The van der Waals surface area contributed by atoms with Gasteiger partial charge in [-0.3, -0.25) is 4.79 Å². The molecule has 1 N–H and O–H groups in total. The second kappa shape index (κ2) is 7.79. The van der Waals surface area contributed by atoms with E-state index in [2.05, 4.69) is 17.0 Å². The fourth-order valence-corrected chi connectivity index (χ4v) is 2.18. The zero-order valence-corrected chi connectivity index (χ0v) is 14.3. The van der Waals surface area contributed by atoms with Gasteiger partial charge in [0.15, 0.2) is 6.61 Å². The molecule has 0 saturated heterocycles. The smallest absolute Gasteiger partial charge is 0.338 e. The highest BCUT2D eigenvalue weighted by Crippen LogP contribution is 2.22. The average Bonchev–Trinajstić information content (AvgIpc) is 2.85. The number of halogens is 1. The lowest BCUT2D eigenvalue weighted by Gasteiger charge is -2.07. The molecule has 7 heteroatoms. The number of aryl methyl sites for hydroxylation is 1. The Morgan fingerprint density at radius 3 is 2.54 bits per heavy atom. The molecule has 1 aromatic heterocycles. The molecule has 0 spiro atoms. The molecular weight excluding hydrogens is 330 g/mol. The molecule has 24 heavy (non-hydrogen) atoms. The number of amides is 1. The summed E-state index contributed by atoms with van der Waals surface area (Å²) in [6.45, 7) is 7.18. The number of nitrogens with zero attached hydrogens (tertiary/aromatic N) is 2. The maximum Gasteiger partial charge on any atom is 0.338 e. The molecule has 0 atom stereocenters. The van der Waals surface area contributed by atoms with Crippen LogP contribution in [-0.2, 0) is 9.53 Å². The molecule has 0 fully saturated rings. The lowest BCUT2D eigenvalue weighted by atomic mass is 10.2. The molecule has 2 aromatic rings. The summed E-state index contributed by atoms with van der Waals surface area (Å²) in [6.07, 6.45) is 1.55. The van der Waals surface area contributed by atoms with E-state index in [9.17, 15) is 9.59 Å². The predicted molar refractivity (Wildman–Crippen MR) is 91.5 cm³/mol. The van der Waals surface area contributed by atoms with Gasteiger partial charge in [0, 0.05) is 6.54 Å². The number of rotatable bonds is 6. The van der Waals surface area contributed by atoms with Crippen LogP contribution < -0.4 is 5.32 Å². The van der Waals surface area contributed by atoms with Gasteiger partial charge in [0.1, 0.15) is 0 Å². The number of carbonyl (C=O) groups excluding carboxylic acids is 2. The second-order valence-corrected chi connectivity index (χ2v) is 5.49. The van der Waals surface area contributed by atoms with E-state index >= 15 is 0 Å². The highest BCUT2D eigenvalue weighted by atomic mass is 35.5. The predicted octanol–water partition coefficient (Wildman–Crippen LogP) is 2.60. The van der Waals surface area contributed by atoms with Crippen LogP contribution in [0.5, 0.6) is 0 Å². The molecule has 0 unspecified atom stereocenters. The third kappa shape index (κ3) is 4.02. The zero-order chi connectivity index (χ0) is 17.7. The number of nitrogens with one attached hydrogen (secondary N) is 1. The standard InChI is InChI=1S/C17H18ClN3O3/c1-4-9-19-15(22)10-24-17(23)13-5-7-14(8-6-13)21-12(3)16(18)11(2)20-21/h4-8H,1,9-10H2,2-3H3,(H,19,22). The van der Waals surface area contributed by atoms with Gasteiger partial charge in [-0.15, -0.1) is 6.58 Å². The second-order valence-electron chi connectivity index (χ2n) is 5.11. The van der Waals surface area contributed by atoms with Crippen molar-refractivity contribution in [3.05, 3.63) is 58.9 Å². The van der Waals surface area contributed by atoms with Crippen LogP contribution in [0.1, 0.15) is 21.7 Å². The monoisotopic (exact) mass is 347 g/mol. The molecule has 126 valence electrons. The van der Waals surface area contributed by atoms with Crippen molar-refractivity contribution in [2.45, 2.75) is 13.8 Å². The van der Waals surface area contributed by atoms with E-state index < -0.39 is 5.97 Å². The van der Waals surface area contributed by atoms with Gasteiger partial charge in [-0.05, 0) is 38.1 Å². The minimum atomic E-state index is -0.568. The summed E-state index contributed by atoms with van der Waals surface area (Å²) in [5.41, 5.74) is 2.69. The molecule has 1 heterocycles. The Labute approximate surface area is 145 Å². The normalized spacial score (nSPS) is 10.3. The Hall–Kier alpha value is -2.60. The van der Waals surface area contributed by atoms with Gasteiger partial charge in [0.05, 0.1) is 27.7 Å². The van der Waals surface area contributed by atoms with Crippen molar-refractivity contribution >= 4 is 23.5 Å². The quantitative estimate of drug-likeness (QED) is 0.644. The molecule has 0 aliphatic carbocycles. The summed E-state index contributed by atoms with van der Waals surface area (Å²) >= 11 is 6.14. The fraction of sp³-hybridized carbons (Fsp3) is 0.235. The summed E-state index contributed by atoms with van der Waals surface area (Å²) in [6, 6.07) is 6.71. The SMILES string of the molecule is C=CCNC(=O)COC(=O)c1ccc(-n2nc(C)c(Cl)c2C)cc1. The van der Waals surface area contributed by atoms with E-state index in [0.717, 1.165) is 17.1 Å². The van der Waals surface area contributed by atoms with Crippen LogP contribution in [0, 0.1) is 13.8 Å². The van der Waals surface area contributed by atoms with Crippen LogP contribution in [-0.4, -0.2) is 34.8 Å². The van der Waals surface area contributed by atoms with Crippen molar-refractivity contribution in [1.29, 1.82) is 0 Å². The van der Waals surface area contributed by atoms with Crippen molar-refractivity contribution in [3.63, 3.8) is 0 Å². The van der Waals surface area contributed by atoms with E-state index in [0.29, 0.717) is 17.1 Å². The lowest BCUT2D eigenvalue weighted by molar-refractivity contribution is -0.124.